The Balaban J connectivity index is 1.48. The lowest BCUT2D eigenvalue weighted by molar-refractivity contribution is -0.121. The van der Waals surface area contributed by atoms with Gasteiger partial charge in [-0.1, -0.05) is 42.5 Å². The lowest BCUT2D eigenvalue weighted by atomic mass is 10.1. The molecule has 158 valence electrons. The third kappa shape index (κ3) is 4.66. The van der Waals surface area contributed by atoms with Crippen LogP contribution in [0.3, 0.4) is 0 Å². The fraction of sp³-hybridized carbons (Fsp3) is 0.208. The Morgan fingerprint density at radius 3 is 2.61 bits per heavy atom. The molecule has 0 spiro atoms. The van der Waals surface area contributed by atoms with E-state index in [4.69, 9.17) is 0 Å². The molecule has 0 saturated heterocycles. The summed E-state index contributed by atoms with van der Waals surface area (Å²) in [5.41, 5.74) is 3.07. The zero-order chi connectivity index (χ0) is 21.8. The second-order valence-electron chi connectivity index (χ2n) is 7.50. The largest absolute Gasteiger partial charge is 0.508 e. The van der Waals surface area contributed by atoms with E-state index in [1.807, 2.05) is 54.6 Å². The molecular formula is C24H24N4O3. The standard InChI is InChI=1S/C24H24N4O3/c1-16-14-18(29)15-22(31)28(16)13-7-12-21(30)27-23(17-8-3-2-4-9-17)24-25-19-10-5-6-11-20(19)26-24/h2-6,8-11,14-15,23,29H,7,12-13H2,1H3,(H,25,26)(H,27,30). The fourth-order valence-electron chi connectivity index (χ4n) is 3.69. The maximum Gasteiger partial charge on any atom is 0.254 e. The van der Waals surface area contributed by atoms with Crippen LogP contribution in [0, 0.1) is 6.92 Å². The quantitative estimate of drug-likeness (QED) is 0.430. The van der Waals surface area contributed by atoms with E-state index in [2.05, 4.69) is 15.3 Å². The Labute approximate surface area is 179 Å². The van der Waals surface area contributed by atoms with E-state index < -0.39 is 6.04 Å². The van der Waals surface area contributed by atoms with Crippen LogP contribution in [0.25, 0.3) is 11.0 Å². The number of carbonyl (C=O) groups excluding carboxylic acids is 1. The number of benzene rings is 2. The predicted molar refractivity (Wildman–Crippen MR) is 119 cm³/mol. The fourth-order valence-corrected chi connectivity index (χ4v) is 3.69. The number of pyridine rings is 1. The minimum absolute atomic E-state index is 0.0481. The van der Waals surface area contributed by atoms with Crippen LogP contribution in [0.4, 0.5) is 0 Å². The van der Waals surface area contributed by atoms with Gasteiger partial charge in [0.15, 0.2) is 0 Å². The van der Waals surface area contributed by atoms with Crippen LogP contribution in [0.5, 0.6) is 5.75 Å². The van der Waals surface area contributed by atoms with Crippen molar-refractivity contribution in [2.75, 3.05) is 0 Å². The number of para-hydroxylation sites is 2. The van der Waals surface area contributed by atoms with Gasteiger partial charge in [-0.05, 0) is 37.1 Å². The van der Waals surface area contributed by atoms with Crippen molar-refractivity contribution in [2.45, 2.75) is 32.4 Å². The SMILES string of the molecule is Cc1cc(O)cc(=O)n1CCCC(=O)NC(c1ccccc1)c1nc2ccccc2[nH]1. The molecule has 7 nitrogen and oxygen atoms in total. The van der Waals surface area contributed by atoms with Gasteiger partial charge < -0.3 is 20.0 Å². The minimum Gasteiger partial charge on any atom is -0.508 e. The van der Waals surface area contributed by atoms with Crippen LogP contribution in [0.2, 0.25) is 0 Å². The van der Waals surface area contributed by atoms with E-state index >= 15 is 0 Å². The minimum atomic E-state index is -0.403. The molecule has 2 heterocycles. The molecule has 0 aliphatic heterocycles. The van der Waals surface area contributed by atoms with E-state index in [9.17, 15) is 14.7 Å². The normalized spacial score (nSPS) is 12.0. The van der Waals surface area contributed by atoms with Crippen LogP contribution in [-0.4, -0.2) is 25.5 Å². The highest BCUT2D eigenvalue weighted by molar-refractivity contribution is 5.78. The van der Waals surface area contributed by atoms with Gasteiger partial charge in [-0.15, -0.1) is 0 Å². The molecule has 0 aliphatic carbocycles. The molecule has 3 N–H and O–H groups in total. The van der Waals surface area contributed by atoms with Crippen LogP contribution in [0.15, 0.2) is 71.5 Å². The van der Waals surface area contributed by atoms with E-state index in [-0.39, 0.29) is 23.6 Å². The number of carbonyl (C=O) groups is 1. The molecule has 0 radical (unpaired) electrons. The summed E-state index contributed by atoms with van der Waals surface area (Å²) >= 11 is 0. The molecule has 31 heavy (non-hydrogen) atoms. The van der Waals surface area contributed by atoms with E-state index in [1.54, 1.807) is 11.5 Å². The Kier molecular flexibility index (Phi) is 5.84. The summed E-state index contributed by atoms with van der Waals surface area (Å²) in [6.07, 6.45) is 0.759. The summed E-state index contributed by atoms with van der Waals surface area (Å²) < 4.78 is 1.56. The number of aryl methyl sites for hydroxylation is 1. The summed E-state index contributed by atoms with van der Waals surface area (Å²) in [5, 5.41) is 12.6. The molecule has 1 amide bonds. The Bertz CT molecular complexity index is 1230. The number of rotatable bonds is 7. The molecular weight excluding hydrogens is 392 g/mol. The van der Waals surface area contributed by atoms with Crippen molar-refractivity contribution in [3.8, 4) is 5.75 Å². The number of amides is 1. The van der Waals surface area contributed by atoms with Gasteiger partial charge in [-0.3, -0.25) is 9.59 Å². The molecule has 0 bridgehead atoms. The number of aromatic nitrogens is 3. The van der Waals surface area contributed by atoms with Gasteiger partial charge in [-0.2, -0.15) is 0 Å². The first-order valence-corrected chi connectivity index (χ1v) is 10.2. The molecule has 4 aromatic rings. The van der Waals surface area contributed by atoms with Crippen molar-refractivity contribution in [1.82, 2.24) is 19.9 Å². The third-order valence-electron chi connectivity index (χ3n) is 5.22. The molecule has 0 fully saturated rings. The highest BCUT2D eigenvalue weighted by Gasteiger charge is 2.20. The number of nitrogens with one attached hydrogen (secondary N) is 2. The average Bonchev–Trinajstić information content (AvgIpc) is 3.18. The summed E-state index contributed by atoms with van der Waals surface area (Å²) in [7, 11) is 0. The molecule has 0 saturated carbocycles. The molecule has 2 aromatic carbocycles. The zero-order valence-electron chi connectivity index (χ0n) is 17.2. The van der Waals surface area contributed by atoms with Crippen molar-refractivity contribution >= 4 is 16.9 Å². The molecule has 0 aliphatic rings. The van der Waals surface area contributed by atoms with Crippen molar-refractivity contribution in [2.24, 2.45) is 0 Å². The van der Waals surface area contributed by atoms with E-state index in [0.29, 0.717) is 24.5 Å². The Morgan fingerprint density at radius 2 is 1.87 bits per heavy atom. The number of fused-ring (bicyclic) bond motifs is 1. The molecule has 2 aromatic heterocycles. The van der Waals surface area contributed by atoms with E-state index in [0.717, 1.165) is 16.6 Å². The van der Waals surface area contributed by atoms with Gasteiger partial charge >= 0.3 is 0 Å². The monoisotopic (exact) mass is 416 g/mol. The zero-order valence-corrected chi connectivity index (χ0v) is 17.2. The summed E-state index contributed by atoms with van der Waals surface area (Å²) in [6.45, 7) is 2.16. The Hall–Kier alpha value is -3.87. The van der Waals surface area contributed by atoms with Gasteiger partial charge in [0.1, 0.15) is 17.6 Å². The van der Waals surface area contributed by atoms with Crippen molar-refractivity contribution in [1.29, 1.82) is 0 Å². The number of imidazole rings is 1. The number of hydrogen-bond acceptors (Lipinski definition) is 4. The first-order valence-electron chi connectivity index (χ1n) is 10.2. The van der Waals surface area contributed by atoms with Crippen LogP contribution in [-0.2, 0) is 11.3 Å². The second-order valence-corrected chi connectivity index (χ2v) is 7.50. The topological polar surface area (TPSA) is 100 Å². The second kappa shape index (κ2) is 8.87. The first kappa shape index (κ1) is 20.4. The van der Waals surface area contributed by atoms with Crippen molar-refractivity contribution in [3.05, 3.63) is 94.2 Å². The average molecular weight is 416 g/mol. The van der Waals surface area contributed by atoms with Gasteiger partial charge in [0.25, 0.3) is 5.56 Å². The number of aromatic amines is 1. The smallest absolute Gasteiger partial charge is 0.254 e. The van der Waals surface area contributed by atoms with Crippen molar-refractivity contribution < 1.29 is 9.90 Å². The lowest BCUT2D eigenvalue weighted by Gasteiger charge is -2.17. The van der Waals surface area contributed by atoms with Gasteiger partial charge in [0.2, 0.25) is 5.91 Å². The van der Waals surface area contributed by atoms with Crippen molar-refractivity contribution in [3.63, 3.8) is 0 Å². The van der Waals surface area contributed by atoms with Crippen LogP contribution in [0.1, 0.15) is 36.0 Å². The molecule has 4 rings (SSSR count). The highest BCUT2D eigenvalue weighted by Crippen LogP contribution is 2.22. The number of aromatic hydroxyl groups is 1. The number of nitrogens with zero attached hydrogens (tertiary/aromatic N) is 2. The van der Waals surface area contributed by atoms with Gasteiger partial charge in [0.05, 0.1) is 11.0 Å². The molecule has 7 heteroatoms. The van der Waals surface area contributed by atoms with Gasteiger partial charge in [0, 0.05) is 24.7 Å². The number of H-pyrrole nitrogens is 1. The first-order chi connectivity index (χ1) is 15.0. The maximum absolute atomic E-state index is 12.7. The highest BCUT2D eigenvalue weighted by atomic mass is 16.3. The molecule has 1 atom stereocenters. The van der Waals surface area contributed by atoms with Crippen LogP contribution < -0.4 is 10.9 Å². The summed E-state index contributed by atoms with van der Waals surface area (Å²) in [5.74, 6) is 0.498. The van der Waals surface area contributed by atoms with E-state index in [1.165, 1.54) is 12.1 Å². The van der Waals surface area contributed by atoms with Gasteiger partial charge in [-0.25, -0.2) is 4.98 Å². The Morgan fingerprint density at radius 1 is 1.13 bits per heavy atom. The maximum atomic E-state index is 12.7. The number of hydrogen-bond donors (Lipinski definition) is 3. The third-order valence-corrected chi connectivity index (χ3v) is 5.22. The molecule has 1 unspecified atom stereocenters. The van der Waals surface area contributed by atoms with Crippen LogP contribution >= 0.6 is 0 Å². The summed E-state index contributed by atoms with van der Waals surface area (Å²) in [4.78, 5) is 32.8. The summed E-state index contributed by atoms with van der Waals surface area (Å²) in [6, 6.07) is 19.8. The predicted octanol–water partition coefficient (Wildman–Crippen LogP) is 3.42. The lowest BCUT2D eigenvalue weighted by Crippen LogP contribution is -2.30.